The summed E-state index contributed by atoms with van der Waals surface area (Å²) in [6.45, 7) is 7.89. The van der Waals surface area contributed by atoms with Crippen molar-refractivity contribution in [2.75, 3.05) is 26.3 Å². The second-order valence-corrected chi connectivity index (χ2v) is 3.25. The lowest BCUT2D eigenvalue weighted by Crippen LogP contribution is -2.17. The summed E-state index contributed by atoms with van der Waals surface area (Å²) in [4.78, 5) is 0. The summed E-state index contributed by atoms with van der Waals surface area (Å²) < 4.78 is 5.43. The van der Waals surface area contributed by atoms with E-state index in [2.05, 4.69) is 24.1 Å². The van der Waals surface area contributed by atoms with Gasteiger partial charge in [-0.1, -0.05) is 13.3 Å². The maximum Gasteiger partial charge on any atom is 0.0478 e. The summed E-state index contributed by atoms with van der Waals surface area (Å²) in [5, 5.41) is 3.33. The fraction of sp³-hybridized carbons (Fsp3) is 0.833. The topological polar surface area (TPSA) is 21.3 Å². The second-order valence-electron chi connectivity index (χ2n) is 3.25. The molecule has 1 N–H and O–H groups in total. The van der Waals surface area contributed by atoms with E-state index in [0.717, 1.165) is 39.1 Å². The highest BCUT2D eigenvalue weighted by Crippen LogP contribution is 1.88. The Morgan fingerprint density at radius 1 is 1.14 bits per heavy atom. The van der Waals surface area contributed by atoms with Crippen LogP contribution in [-0.4, -0.2) is 26.3 Å². The summed E-state index contributed by atoms with van der Waals surface area (Å²) in [5.41, 5.74) is 0. The Hall–Kier alpha value is -0.520. The minimum absolute atomic E-state index is 0.881. The normalized spacial score (nSPS) is 9.57. The maximum absolute atomic E-state index is 5.43. The fourth-order valence-electron chi connectivity index (χ4n) is 1.05. The quantitative estimate of drug-likeness (QED) is 0.452. The zero-order valence-electron chi connectivity index (χ0n) is 9.57. The highest BCUT2D eigenvalue weighted by Gasteiger charge is 1.88. The molecule has 0 radical (unpaired) electrons. The summed E-state index contributed by atoms with van der Waals surface area (Å²) in [5.74, 6) is 5.90. The highest BCUT2D eigenvalue weighted by molar-refractivity contribution is 4.94. The first kappa shape index (κ1) is 13.5. The van der Waals surface area contributed by atoms with Crippen molar-refractivity contribution in [2.45, 2.75) is 39.5 Å². The van der Waals surface area contributed by atoms with Crippen LogP contribution in [0.5, 0.6) is 0 Å². The number of rotatable bonds is 9. The Morgan fingerprint density at radius 3 is 2.64 bits per heavy atom. The van der Waals surface area contributed by atoms with Crippen molar-refractivity contribution in [1.82, 2.24) is 5.32 Å². The molecule has 0 saturated heterocycles. The molecule has 14 heavy (non-hydrogen) atoms. The zero-order valence-corrected chi connectivity index (χ0v) is 9.57. The average Bonchev–Trinajstić information content (AvgIpc) is 2.21. The number of hydrogen-bond acceptors (Lipinski definition) is 2. The van der Waals surface area contributed by atoms with Gasteiger partial charge in [-0.15, -0.1) is 11.8 Å². The minimum atomic E-state index is 0.881. The van der Waals surface area contributed by atoms with Crippen molar-refractivity contribution in [3.63, 3.8) is 0 Å². The van der Waals surface area contributed by atoms with E-state index in [1.165, 1.54) is 12.8 Å². The molecule has 0 fully saturated rings. The Labute approximate surface area is 88.4 Å². The highest BCUT2D eigenvalue weighted by atomic mass is 16.5. The van der Waals surface area contributed by atoms with Crippen molar-refractivity contribution in [3.05, 3.63) is 0 Å². The van der Waals surface area contributed by atoms with E-state index in [-0.39, 0.29) is 0 Å². The van der Waals surface area contributed by atoms with Crippen LogP contribution in [-0.2, 0) is 4.74 Å². The first-order chi connectivity index (χ1) is 6.91. The number of ether oxygens (including phenoxy) is 1. The standard InChI is InChI=1S/C12H23NO/c1-3-5-7-9-13-10-8-12-14-11-6-4-2/h13H,4,6-12H2,1-2H3. The molecule has 0 saturated carbocycles. The van der Waals surface area contributed by atoms with E-state index < -0.39 is 0 Å². The molecular formula is C12H23NO. The van der Waals surface area contributed by atoms with Crippen LogP contribution in [0.1, 0.15) is 39.5 Å². The Morgan fingerprint density at radius 2 is 1.93 bits per heavy atom. The molecule has 2 nitrogen and oxygen atoms in total. The van der Waals surface area contributed by atoms with Crippen LogP contribution in [0.25, 0.3) is 0 Å². The van der Waals surface area contributed by atoms with E-state index in [9.17, 15) is 0 Å². The van der Waals surface area contributed by atoms with Gasteiger partial charge in [0, 0.05) is 26.2 Å². The molecule has 0 rings (SSSR count). The van der Waals surface area contributed by atoms with E-state index >= 15 is 0 Å². The molecule has 0 aliphatic carbocycles. The summed E-state index contributed by atoms with van der Waals surface area (Å²) in [7, 11) is 0. The monoisotopic (exact) mass is 197 g/mol. The van der Waals surface area contributed by atoms with E-state index in [1.54, 1.807) is 0 Å². The van der Waals surface area contributed by atoms with Crippen LogP contribution < -0.4 is 5.32 Å². The Kier molecular flexibility index (Phi) is 12.0. The molecule has 82 valence electrons. The molecule has 0 aromatic heterocycles. The number of nitrogens with one attached hydrogen (secondary N) is 1. The van der Waals surface area contributed by atoms with Gasteiger partial charge < -0.3 is 10.1 Å². The van der Waals surface area contributed by atoms with Gasteiger partial charge in [-0.25, -0.2) is 0 Å². The lowest BCUT2D eigenvalue weighted by molar-refractivity contribution is 0.129. The summed E-state index contributed by atoms with van der Waals surface area (Å²) in [6.07, 6.45) is 4.45. The SMILES string of the molecule is CC#CCCNCCCOCCCC. The van der Waals surface area contributed by atoms with Gasteiger partial charge in [0.25, 0.3) is 0 Å². The molecule has 0 atom stereocenters. The first-order valence-electron chi connectivity index (χ1n) is 5.60. The summed E-state index contributed by atoms with van der Waals surface area (Å²) in [6, 6.07) is 0. The molecule has 0 heterocycles. The molecule has 0 spiro atoms. The zero-order chi connectivity index (χ0) is 10.5. The van der Waals surface area contributed by atoms with Crippen molar-refractivity contribution in [2.24, 2.45) is 0 Å². The molecule has 0 aromatic rings. The molecule has 2 heteroatoms. The van der Waals surface area contributed by atoms with Crippen molar-refractivity contribution >= 4 is 0 Å². The lowest BCUT2D eigenvalue weighted by atomic mass is 10.3. The van der Waals surface area contributed by atoms with Crippen LogP contribution in [0.15, 0.2) is 0 Å². The molecule has 0 aromatic carbocycles. The van der Waals surface area contributed by atoms with Crippen LogP contribution in [0.2, 0.25) is 0 Å². The number of hydrogen-bond donors (Lipinski definition) is 1. The van der Waals surface area contributed by atoms with Gasteiger partial charge in [-0.2, -0.15) is 0 Å². The molecule has 0 unspecified atom stereocenters. The average molecular weight is 197 g/mol. The van der Waals surface area contributed by atoms with Crippen molar-refractivity contribution in [1.29, 1.82) is 0 Å². The summed E-state index contributed by atoms with van der Waals surface area (Å²) >= 11 is 0. The predicted molar refractivity (Wildman–Crippen MR) is 61.3 cm³/mol. The van der Waals surface area contributed by atoms with E-state index in [4.69, 9.17) is 4.74 Å². The third-order valence-electron chi connectivity index (χ3n) is 1.89. The van der Waals surface area contributed by atoms with Crippen LogP contribution >= 0.6 is 0 Å². The van der Waals surface area contributed by atoms with Crippen molar-refractivity contribution in [3.8, 4) is 11.8 Å². The molecule has 0 aliphatic heterocycles. The Bertz CT molecular complexity index is 157. The molecule has 0 aliphatic rings. The van der Waals surface area contributed by atoms with Crippen LogP contribution in [0.4, 0.5) is 0 Å². The van der Waals surface area contributed by atoms with Gasteiger partial charge >= 0.3 is 0 Å². The number of unbranched alkanes of at least 4 members (excludes halogenated alkanes) is 1. The van der Waals surface area contributed by atoms with Gasteiger partial charge in [-0.3, -0.25) is 0 Å². The van der Waals surface area contributed by atoms with Crippen molar-refractivity contribution < 1.29 is 4.74 Å². The van der Waals surface area contributed by atoms with Crippen LogP contribution in [0.3, 0.4) is 0 Å². The fourth-order valence-corrected chi connectivity index (χ4v) is 1.05. The second kappa shape index (κ2) is 12.5. The molecule has 0 bridgehead atoms. The largest absolute Gasteiger partial charge is 0.381 e. The van der Waals surface area contributed by atoms with Gasteiger partial charge in [0.2, 0.25) is 0 Å². The van der Waals surface area contributed by atoms with E-state index in [1.807, 2.05) is 6.92 Å². The van der Waals surface area contributed by atoms with Gasteiger partial charge in [0.05, 0.1) is 0 Å². The first-order valence-corrected chi connectivity index (χ1v) is 5.60. The predicted octanol–water partition coefficient (Wildman–Crippen LogP) is 2.20. The molecular weight excluding hydrogens is 174 g/mol. The van der Waals surface area contributed by atoms with Gasteiger partial charge in [0.15, 0.2) is 0 Å². The smallest absolute Gasteiger partial charge is 0.0478 e. The lowest BCUT2D eigenvalue weighted by Gasteiger charge is -2.03. The maximum atomic E-state index is 5.43. The molecule has 0 amide bonds. The van der Waals surface area contributed by atoms with Crippen LogP contribution in [0, 0.1) is 11.8 Å². The van der Waals surface area contributed by atoms with Gasteiger partial charge in [0.1, 0.15) is 0 Å². The minimum Gasteiger partial charge on any atom is -0.381 e. The third kappa shape index (κ3) is 11.5. The van der Waals surface area contributed by atoms with E-state index in [0.29, 0.717) is 0 Å². The van der Waals surface area contributed by atoms with Gasteiger partial charge in [-0.05, 0) is 26.3 Å². The Balaban J connectivity index is 2.87. The third-order valence-corrected chi connectivity index (χ3v) is 1.89.